The van der Waals surface area contributed by atoms with Gasteiger partial charge >= 0.3 is 5.97 Å². The van der Waals surface area contributed by atoms with Crippen molar-refractivity contribution >= 4 is 11.9 Å². The highest BCUT2D eigenvalue weighted by Crippen LogP contribution is 2.15. The fourth-order valence-corrected chi connectivity index (χ4v) is 3.02. The van der Waals surface area contributed by atoms with E-state index in [0.29, 0.717) is 12.8 Å². The molecular weight excluding hydrogens is 392 g/mol. The van der Waals surface area contributed by atoms with Crippen molar-refractivity contribution in [2.45, 2.75) is 137 Å². The van der Waals surface area contributed by atoms with Crippen molar-refractivity contribution < 1.29 is 24.5 Å². The largest absolute Gasteiger partial charge is 0.550 e. The van der Waals surface area contributed by atoms with E-state index in [4.69, 9.17) is 9.84 Å². The van der Waals surface area contributed by atoms with Crippen molar-refractivity contribution in [1.29, 1.82) is 0 Å². The summed E-state index contributed by atoms with van der Waals surface area (Å²) >= 11 is 0. The summed E-state index contributed by atoms with van der Waals surface area (Å²) in [6.07, 6.45) is 19.0. The van der Waals surface area contributed by atoms with Crippen molar-refractivity contribution in [2.75, 3.05) is 13.2 Å². The predicted molar refractivity (Wildman–Crippen MR) is 127 cm³/mol. The van der Waals surface area contributed by atoms with Gasteiger partial charge in [-0.3, -0.25) is 4.79 Å². The van der Waals surface area contributed by atoms with Crippen LogP contribution in [0.2, 0.25) is 0 Å². The number of rotatable bonds is 20. The van der Waals surface area contributed by atoms with E-state index in [9.17, 15) is 14.7 Å². The molecule has 0 heterocycles. The highest BCUT2D eigenvalue weighted by atomic mass is 16.5. The van der Waals surface area contributed by atoms with E-state index in [-0.39, 0.29) is 31.0 Å². The summed E-state index contributed by atoms with van der Waals surface area (Å²) in [6, 6.07) is 0. The molecule has 0 aliphatic carbocycles. The second-order valence-electron chi connectivity index (χ2n) is 9.45. The maximum atomic E-state index is 11.4. The maximum Gasteiger partial charge on any atom is 0.305 e. The Balaban J connectivity index is 0. The molecule has 0 aromatic rings. The number of carbonyl (C=O) groups is 2. The van der Waals surface area contributed by atoms with Gasteiger partial charge in [-0.1, -0.05) is 111 Å². The van der Waals surface area contributed by atoms with Crippen LogP contribution in [0.4, 0.5) is 0 Å². The zero-order valence-electron chi connectivity index (χ0n) is 21.0. The summed E-state index contributed by atoms with van der Waals surface area (Å²) in [7, 11) is 0. The average molecular weight is 444 g/mol. The van der Waals surface area contributed by atoms with Gasteiger partial charge in [0.2, 0.25) is 0 Å². The molecule has 0 aromatic carbocycles. The minimum absolute atomic E-state index is 0.0152. The first-order valence-electron chi connectivity index (χ1n) is 12.7. The summed E-state index contributed by atoms with van der Waals surface area (Å²) in [5, 5.41) is 19.2. The van der Waals surface area contributed by atoms with Crippen LogP contribution in [0.25, 0.3) is 0 Å². The average Bonchev–Trinajstić information content (AvgIpc) is 2.74. The van der Waals surface area contributed by atoms with Gasteiger partial charge < -0.3 is 19.7 Å². The number of ether oxygens (including phenoxy) is 1. The van der Waals surface area contributed by atoms with Crippen molar-refractivity contribution in [3.05, 3.63) is 0 Å². The molecule has 0 aliphatic heterocycles. The van der Waals surface area contributed by atoms with Crippen LogP contribution in [0.5, 0.6) is 0 Å². The normalized spacial score (nSPS) is 11.0. The van der Waals surface area contributed by atoms with Crippen LogP contribution in [-0.2, 0) is 14.3 Å². The molecule has 0 radical (unpaired) electrons. The summed E-state index contributed by atoms with van der Waals surface area (Å²) in [6.45, 7) is 8.43. The first kappa shape index (κ1) is 32.1. The minimum Gasteiger partial charge on any atom is -0.550 e. The molecule has 186 valence electrons. The Morgan fingerprint density at radius 1 is 0.710 bits per heavy atom. The standard InChI is InChI=1S/C14H26O5.C12H26/c1-14(2,10-15)11-19-13(18)9-7-5-3-4-6-8-12(16)17;1-3-5-7-9-11-12-10-8-6-4-2/h15H,3-11H2,1-2H3,(H,16,17);3-12H2,1-2H3/p-1. The summed E-state index contributed by atoms with van der Waals surface area (Å²) in [5.74, 6) is -1.24. The maximum absolute atomic E-state index is 11.4. The Labute approximate surface area is 192 Å². The van der Waals surface area contributed by atoms with E-state index < -0.39 is 5.97 Å². The van der Waals surface area contributed by atoms with Gasteiger partial charge in [0, 0.05) is 17.8 Å². The Morgan fingerprint density at radius 3 is 1.48 bits per heavy atom. The van der Waals surface area contributed by atoms with Gasteiger partial charge in [-0.15, -0.1) is 0 Å². The number of esters is 1. The van der Waals surface area contributed by atoms with Crippen LogP contribution in [0.3, 0.4) is 0 Å². The van der Waals surface area contributed by atoms with Crippen molar-refractivity contribution in [2.24, 2.45) is 5.41 Å². The van der Waals surface area contributed by atoms with Crippen LogP contribution < -0.4 is 5.11 Å². The number of aliphatic carboxylic acids is 1. The number of carbonyl (C=O) groups excluding carboxylic acids is 2. The SMILES string of the molecule is CC(C)(CO)COC(=O)CCCCCCCC(=O)[O-].CCCCCCCCCCCC. The Bertz CT molecular complexity index is 397. The topological polar surface area (TPSA) is 86.7 Å². The van der Waals surface area contributed by atoms with Crippen molar-refractivity contribution in [3.63, 3.8) is 0 Å². The molecule has 5 heteroatoms. The van der Waals surface area contributed by atoms with Gasteiger partial charge in [0.1, 0.15) is 0 Å². The van der Waals surface area contributed by atoms with E-state index >= 15 is 0 Å². The lowest BCUT2D eigenvalue weighted by Crippen LogP contribution is -2.25. The van der Waals surface area contributed by atoms with Crippen molar-refractivity contribution in [3.8, 4) is 0 Å². The Morgan fingerprint density at radius 2 is 1.10 bits per heavy atom. The Kier molecular flexibility index (Phi) is 24.4. The van der Waals surface area contributed by atoms with E-state index in [2.05, 4.69) is 13.8 Å². The zero-order chi connectivity index (χ0) is 23.8. The summed E-state index contributed by atoms with van der Waals surface area (Å²) < 4.78 is 5.07. The first-order chi connectivity index (χ1) is 14.8. The van der Waals surface area contributed by atoms with Gasteiger partial charge in [0.25, 0.3) is 0 Å². The van der Waals surface area contributed by atoms with Crippen LogP contribution in [0.1, 0.15) is 137 Å². The van der Waals surface area contributed by atoms with Gasteiger partial charge in [0.05, 0.1) is 13.2 Å². The molecule has 0 aliphatic rings. The number of carboxylic acids is 1. The number of hydrogen-bond acceptors (Lipinski definition) is 5. The van der Waals surface area contributed by atoms with E-state index in [1.807, 2.05) is 13.8 Å². The quantitative estimate of drug-likeness (QED) is 0.185. The molecule has 0 saturated heterocycles. The molecule has 0 unspecified atom stereocenters. The van der Waals surface area contributed by atoms with Gasteiger partial charge in [-0.2, -0.15) is 0 Å². The summed E-state index contributed by atoms with van der Waals surface area (Å²) in [5.41, 5.74) is -0.388. The van der Waals surface area contributed by atoms with Gasteiger partial charge in [0.15, 0.2) is 0 Å². The Hall–Kier alpha value is -1.10. The zero-order valence-corrected chi connectivity index (χ0v) is 21.0. The molecule has 5 nitrogen and oxygen atoms in total. The van der Waals surface area contributed by atoms with Crippen molar-refractivity contribution in [1.82, 2.24) is 0 Å². The molecule has 0 amide bonds. The third kappa shape index (κ3) is 28.9. The fourth-order valence-electron chi connectivity index (χ4n) is 3.02. The molecule has 1 N–H and O–H groups in total. The van der Waals surface area contributed by atoms with Gasteiger partial charge in [-0.25, -0.2) is 0 Å². The highest BCUT2D eigenvalue weighted by Gasteiger charge is 2.18. The number of carboxylic acid groups (broad SMARTS) is 1. The van der Waals surface area contributed by atoms with Crippen LogP contribution >= 0.6 is 0 Å². The second kappa shape index (κ2) is 23.6. The molecule has 0 aromatic heterocycles. The fraction of sp³-hybridized carbons (Fsp3) is 0.923. The molecule has 31 heavy (non-hydrogen) atoms. The van der Waals surface area contributed by atoms with Crippen LogP contribution in [0.15, 0.2) is 0 Å². The number of hydrogen-bond donors (Lipinski definition) is 1. The third-order valence-corrected chi connectivity index (χ3v) is 5.27. The van der Waals surface area contributed by atoms with Gasteiger partial charge in [-0.05, 0) is 19.3 Å². The highest BCUT2D eigenvalue weighted by molar-refractivity contribution is 5.69. The van der Waals surface area contributed by atoms with Crippen LogP contribution in [-0.4, -0.2) is 30.3 Å². The minimum atomic E-state index is -1.00. The molecule has 0 saturated carbocycles. The number of aliphatic hydroxyl groups is 1. The van der Waals surface area contributed by atoms with Crippen LogP contribution in [0, 0.1) is 5.41 Å². The monoisotopic (exact) mass is 443 g/mol. The lowest BCUT2D eigenvalue weighted by molar-refractivity contribution is -0.305. The van der Waals surface area contributed by atoms with E-state index in [0.717, 1.165) is 25.7 Å². The molecule has 0 bridgehead atoms. The lowest BCUT2D eigenvalue weighted by atomic mass is 9.96. The first-order valence-corrected chi connectivity index (χ1v) is 12.7. The molecule has 0 rings (SSSR count). The van der Waals surface area contributed by atoms with E-state index in [1.54, 1.807) is 0 Å². The summed E-state index contributed by atoms with van der Waals surface area (Å²) in [4.78, 5) is 21.6. The molecule has 0 atom stereocenters. The predicted octanol–water partition coefficient (Wildman–Crippen LogP) is 5.96. The number of aliphatic hydroxyl groups excluding tert-OH is 1. The third-order valence-electron chi connectivity index (χ3n) is 5.27. The second-order valence-corrected chi connectivity index (χ2v) is 9.45. The smallest absolute Gasteiger partial charge is 0.305 e. The molecule has 0 fully saturated rings. The lowest BCUT2D eigenvalue weighted by Gasteiger charge is -2.20. The number of unbranched alkanes of at least 4 members (excludes halogenated alkanes) is 13. The molecular formula is C26H51O5-. The molecule has 0 spiro atoms. The van der Waals surface area contributed by atoms with E-state index in [1.165, 1.54) is 64.2 Å².